The van der Waals surface area contributed by atoms with Gasteiger partial charge in [0, 0.05) is 25.4 Å². The maximum Gasteiger partial charge on any atom is 0.231 e. The number of nitrogens with one attached hydrogen (secondary N) is 1. The zero-order valence-electron chi connectivity index (χ0n) is 15.3. The van der Waals surface area contributed by atoms with E-state index in [-0.39, 0.29) is 17.7 Å². The molecule has 1 saturated carbocycles. The first kappa shape index (κ1) is 18.1. The highest BCUT2D eigenvalue weighted by Crippen LogP contribution is 2.30. The van der Waals surface area contributed by atoms with Gasteiger partial charge < -0.3 is 10.2 Å². The molecule has 0 spiro atoms. The van der Waals surface area contributed by atoms with E-state index in [2.05, 4.69) is 27.6 Å². The molecule has 1 saturated heterocycles. The molecule has 1 aromatic carbocycles. The Morgan fingerprint density at radius 3 is 2.70 bits per heavy atom. The van der Waals surface area contributed by atoms with E-state index in [0.29, 0.717) is 24.1 Å². The molecule has 1 aromatic heterocycles. The molecule has 2 aliphatic rings. The summed E-state index contributed by atoms with van der Waals surface area (Å²) in [5.41, 5.74) is 1.26. The summed E-state index contributed by atoms with van der Waals surface area (Å²) in [5.74, 6) is -0.285. The van der Waals surface area contributed by atoms with Crippen molar-refractivity contribution in [3.63, 3.8) is 0 Å². The van der Waals surface area contributed by atoms with Crippen LogP contribution in [0.1, 0.15) is 42.7 Å². The topological polar surface area (TPSA) is 75.2 Å². The molecule has 7 heteroatoms. The molecule has 27 heavy (non-hydrogen) atoms. The normalized spacial score (nSPS) is 20.4. The average molecular weight is 385 g/mol. The number of aryl methyl sites for hydroxylation is 2. The maximum absolute atomic E-state index is 12.6. The van der Waals surface area contributed by atoms with Crippen molar-refractivity contribution in [2.24, 2.45) is 5.92 Å². The Balaban J connectivity index is 1.29. The van der Waals surface area contributed by atoms with Crippen molar-refractivity contribution in [3.8, 4) is 0 Å². The fourth-order valence-electron chi connectivity index (χ4n) is 3.98. The van der Waals surface area contributed by atoms with Crippen LogP contribution in [0.5, 0.6) is 0 Å². The number of carbonyl (C=O) groups excluding carboxylic acids is 2. The summed E-state index contributed by atoms with van der Waals surface area (Å²) in [7, 11) is 0. The SMILES string of the molecule is O=C(Nc1nnc(CCc2ccccc2)s1)C1CC(=O)N(C2CCCC2)C1. The highest BCUT2D eigenvalue weighted by Gasteiger charge is 2.38. The van der Waals surface area contributed by atoms with Crippen molar-refractivity contribution in [2.75, 3.05) is 11.9 Å². The molecule has 142 valence electrons. The smallest absolute Gasteiger partial charge is 0.231 e. The lowest BCUT2D eigenvalue weighted by Gasteiger charge is -2.23. The Morgan fingerprint density at radius 1 is 1.15 bits per heavy atom. The fourth-order valence-corrected chi connectivity index (χ4v) is 4.73. The Kier molecular flexibility index (Phi) is 5.48. The monoisotopic (exact) mass is 384 g/mol. The van der Waals surface area contributed by atoms with Gasteiger partial charge in [-0.2, -0.15) is 0 Å². The van der Waals surface area contributed by atoms with Crippen LogP contribution in [-0.2, 0) is 22.4 Å². The summed E-state index contributed by atoms with van der Waals surface area (Å²) in [5, 5.41) is 12.6. The largest absolute Gasteiger partial charge is 0.339 e. The molecule has 4 rings (SSSR count). The molecule has 1 N–H and O–H groups in total. The van der Waals surface area contributed by atoms with Crippen molar-refractivity contribution >= 4 is 28.3 Å². The Morgan fingerprint density at radius 2 is 1.93 bits per heavy atom. The van der Waals surface area contributed by atoms with Gasteiger partial charge in [-0.05, 0) is 24.8 Å². The number of carbonyl (C=O) groups is 2. The van der Waals surface area contributed by atoms with Gasteiger partial charge in [-0.3, -0.25) is 9.59 Å². The molecule has 1 aliphatic heterocycles. The number of likely N-dealkylation sites (tertiary alicyclic amines) is 1. The minimum absolute atomic E-state index is 0.114. The predicted octanol–water partition coefficient (Wildman–Crippen LogP) is 3.05. The van der Waals surface area contributed by atoms with Gasteiger partial charge in [0.15, 0.2) is 0 Å². The highest BCUT2D eigenvalue weighted by atomic mass is 32.1. The maximum atomic E-state index is 12.6. The average Bonchev–Trinajstić information content (AvgIpc) is 3.41. The van der Waals surface area contributed by atoms with E-state index in [1.165, 1.54) is 29.7 Å². The summed E-state index contributed by atoms with van der Waals surface area (Å²) < 4.78 is 0. The van der Waals surface area contributed by atoms with Gasteiger partial charge in [0.1, 0.15) is 5.01 Å². The molecule has 6 nitrogen and oxygen atoms in total. The van der Waals surface area contributed by atoms with E-state index in [1.54, 1.807) is 0 Å². The first-order valence-electron chi connectivity index (χ1n) is 9.65. The number of rotatable bonds is 6. The number of anilines is 1. The van der Waals surface area contributed by atoms with E-state index in [1.807, 2.05) is 23.1 Å². The van der Waals surface area contributed by atoms with Crippen molar-refractivity contribution < 1.29 is 9.59 Å². The lowest BCUT2D eigenvalue weighted by molar-refractivity contribution is -0.129. The lowest BCUT2D eigenvalue weighted by Crippen LogP contribution is -2.35. The molecule has 1 unspecified atom stereocenters. The second kappa shape index (κ2) is 8.17. The van der Waals surface area contributed by atoms with Gasteiger partial charge >= 0.3 is 0 Å². The van der Waals surface area contributed by atoms with Crippen LogP contribution >= 0.6 is 11.3 Å². The minimum atomic E-state index is -0.283. The predicted molar refractivity (Wildman–Crippen MR) is 104 cm³/mol. The van der Waals surface area contributed by atoms with E-state index in [4.69, 9.17) is 0 Å². The molecular weight excluding hydrogens is 360 g/mol. The first-order valence-corrected chi connectivity index (χ1v) is 10.5. The summed E-state index contributed by atoms with van der Waals surface area (Å²) in [6, 6.07) is 10.6. The van der Waals surface area contributed by atoms with Crippen molar-refractivity contribution in [1.82, 2.24) is 15.1 Å². The molecule has 2 heterocycles. The standard InChI is InChI=1S/C20H24N4O2S/c25-18-12-15(13-24(18)16-8-4-5-9-16)19(26)21-20-23-22-17(27-20)11-10-14-6-2-1-3-7-14/h1-3,6-7,15-16H,4-5,8-13H2,(H,21,23,26). The van der Waals surface area contributed by atoms with Crippen LogP contribution in [0, 0.1) is 5.92 Å². The van der Waals surface area contributed by atoms with Gasteiger partial charge in [0.05, 0.1) is 5.92 Å². The summed E-state index contributed by atoms with van der Waals surface area (Å²) in [4.78, 5) is 26.8. The molecule has 2 amide bonds. The number of nitrogens with zero attached hydrogens (tertiary/aromatic N) is 3. The number of amides is 2. The Labute approximate surface area is 163 Å². The number of hydrogen-bond donors (Lipinski definition) is 1. The first-order chi connectivity index (χ1) is 13.2. The van der Waals surface area contributed by atoms with Crippen molar-refractivity contribution in [2.45, 2.75) is 51.0 Å². The molecule has 1 aliphatic carbocycles. The summed E-state index contributed by atoms with van der Waals surface area (Å²) >= 11 is 1.41. The van der Waals surface area contributed by atoms with E-state index in [9.17, 15) is 9.59 Å². The van der Waals surface area contributed by atoms with Gasteiger partial charge in [0.25, 0.3) is 0 Å². The van der Waals surface area contributed by atoms with Crippen molar-refractivity contribution in [1.29, 1.82) is 0 Å². The van der Waals surface area contributed by atoms with Crippen LogP contribution < -0.4 is 5.32 Å². The number of benzene rings is 1. The van der Waals surface area contributed by atoms with Crippen LogP contribution in [-0.4, -0.2) is 39.5 Å². The molecule has 1 atom stereocenters. The van der Waals surface area contributed by atoms with Crippen LogP contribution in [0.15, 0.2) is 30.3 Å². The second-order valence-electron chi connectivity index (χ2n) is 7.36. The molecule has 2 fully saturated rings. The lowest BCUT2D eigenvalue weighted by atomic mass is 10.1. The van der Waals surface area contributed by atoms with E-state index in [0.717, 1.165) is 30.7 Å². The molecule has 2 aromatic rings. The van der Waals surface area contributed by atoms with Crippen LogP contribution in [0.4, 0.5) is 5.13 Å². The number of aromatic nitrogens is 2. The third kappa shape index (κ3) is 4.35. The third-order valence-corrected chi connectivity index (χ3v) is 6.36. The highest BCUT2D eigenvalue weighted by molar-refractivity contribution is 7.15. The molecule has 0 bridgehead atoms. The quantitative estimate of drug-likeness (QED) is 0.831. The van der Waals surface area contributed by atoms with Crippen LogP contribution in [0.25, 0.3) is 0 Å². The Bertz CT molecular complexity index is 801. The number of hydrogen-bond acceptors (Lipinski definition) is 5. The third-order valence-electron chi connectivity index (χ3n) is 5.46. The van der Waals surface area contributed by atoms with E-state index < -0.39 is 0 Å². The van der Waals surface area contributed by atoms with Gasteiger partial charge in [-0.1, -0.05) is 54.5 Å². The van der Waals surface area contributed by atoms with Gasteiger partial charge in [0.2, 0.25) is 16.9 Å². The van der Waals surface area contributed by atoms with E-state index >= 15 is 0 Å². The zero-order valence-corrected chi connectivity index (χ0v) is 16.1. The second-order valence-corrected chi connectivity index (χ2v) is 8.42. The van der Waals surface area contributed by atoms with Gasteiger partial charge in [-0.25, -0.2) is 0 Å². The van der Waals surface area contributed by atoms with Crippen molar-refractivity contribution in [3.05, 3.63) is 40.9 Å². The van der Waals surface area contributed by atoms with Gasteiger partial charge in [-0.15, -0.1) is 10.2 Å². The molecular formula is C20H24N4O2S. The molecule has 0 radical (unpaired) electrons. The Hall–Kier alpha value is -2.28. The van der Waals surface area contributed by atoms with Crippen LogP contribution in [0.3, 0.4) is 0 Å². The zero-order chi connectivity index (χ0) is 18.6. The fraction of sp³-hybridized carbons (Fsp3) is 0.500. The van der Waals surface area contributed by atoms with Crippen LogP contribution in [0.2, 0.25) is 0 Å². The minimum Gasteiger partial charge on any atom is -0.339 e. The summed E-state index contributed by atoms with van der Waals surface area (Å²) in [6.07, 6.45) is 6.51. The summed E-state index contributed by atoms with van der Waals surface area (Å²) in [6.45, 7) is 0.537.